The first kappa shape index (κ1) is 29.7. The van der Waals surface area contributed by atoms with Crippen LogP contribution in [0.25, 0.3) is 0 Å². The highest BCUT2D eigenvalue weighted by Crippen LogP contribution is 2.41. The predicted octanol–water partition coefficient (Wildman–Crippen LogP) is 5.59. The van der Waals surface area contributed by atoms with Gasteiger partial charge in [-0.05, 0) is 48.3 Å². The van der Waals surface area contributed by atoms with E-state index in [9.17, 15) is 23.6 Å². The Balaban J connectivity index is 2.19. The Kier molecular flexibility index (Phi) is 8.64. The number of nitrogens with zero attached hydrogens (tertiary/aromatic N) is 1. The molecule has 3 rings (SSSR count). The molecule has 204 valence electrons. The molecule has 0 aliphatic heterocycles. The molecule has 2 unspecified atom stereocenters. The van der Waals surface area contributed by atoms with Gasteiger partial charge in [-0.1, -0.05) is 81.4 Å². The van der Waals surface area contributed by atoms with Crippen LogP contribution in [0.3, 0.4) is 0 Å². The zero-order chi connectivity index (χ0) is 28.4. The van der Waals surface area contributed by atoms with Gasteiger partial charge in [0.25, 0.3) is 5.69 Å². The number of nitrogens with one attached hydrogen (secondary N) is 1. The number of hydrogen-bond acceptors (Lipinski definition) is 6. The van der Waals surface area contributed by atoms with Crippen LogP contribution in [0.5, 0.6) is 0 Å². The molecule has 0 heterocycles. The molecule has 8 nitrogen and oxygen atoms in total. The van der Waals surface area contributed by atoms with Gasteiger partial charge >= 0.3 is 0 Å². The second-order valence-corrected chi connectivity index (χ2v) is 17.4. The molecule has 0 aromatic heterocycles. The van der Waals surface area contributed by atoms with Gasteiger partial charge in [0.15, 0.2) is 8.32 Å². The van der Waals surface area contributed by atoms with Crippen molar-refractivity contribution in [3.63, 3.8) is 0 Å². The van der Waals surface area contributed by atoms with Crippen molar-refractivity contribution in [2.24, 2.45) is 0 Å². The highest BCUT2D eigenvalue weighted by Gasteiger charge is 2.48. The molecule has 38 heavy (non-hydrogen) atoms. The van der Waals surface area contributed by atoms with Crippen molar-refractivity contribution in [1.29, 1.82) is 0 Å². The molecule has 0 saturated carbocycles. The minimum Gasteiger partial charge on any atom is -0.412 e. The number of rotatable bonds is 10. The quantitative estimate of drug-likeness (QED) is 0.191. The molecular formula is C28H36N2O6SSi. The number of nitro benzene ring substituents is 1. The molecule has 3 aromatic carbocycles. The summed E-state index contributed by atoms with van der Waals surface area (Å²) in [6.07, 6.45) is -0.755. The van der Waals surface area contributed by atoms with Crippen molar-refractivity contribution >= 4 is 24.0 Å². The monoisotopic (exact) mass is 556 g/mol. The van der Waals surface area contributed by atoms with Crippen LogP contribution >= 0.6 is 0 Å². The number of nitro groups is 1. The predicted molar refractivity (Wildman–Crippen MR) is 151 cm³/mol. The summed E-state index contributed by atoms with van der Waals surface area (Å²) in [4.78, 5) is 10.3. The van der Waals surface area contributed by atoms with E-state index < -0.39 is 41.0 Å². The van der Waals surface area contributed by atoms with Crippen LogP contribution in [0.2, 0.25) is 18.1 Å². The van der Waals surface area contributed by atoms with Gasteiger partial charge in [0.2, 0.25) is 10.0 Å². The molecule has 0 aliphatic carbocycles. The number of non-ortho nitro benzene ring substituents is 1. The Labute approximate surface area is 226 Å². The average Bonchev–Trinajstić information content (AvgIpc) is 2.87. The summed E-state index contributed by atoms with van der Waals surface area (Å²) < 4.78 is 36.7. The van der Waals surface area contributed by atoms with Gasteiger partial charge in [0, 0.05) is 12.1 Å². The maximum atomic E-state index is 13.7. The fraction of sp³-hybridized carbons (Fsp3) is 0.357. The zero-order valence-corrected chi connectivity index (χ0v) is 24.4. The second-order valence-electron chi connectivity index (χ2n) is 10.9. The number of aliphatic hydroxyl groups is 1. The second kappa shape index (κ2) is 11.1. The van der Waals surface area contributed by atoms with E-state index in [4.69, 9.17) is 4.43 Å². The minimum atomic E-state index is -4.23. The van der Waals surface area contributed by atoms with E-state index >= 15 is 0 Å². The lowest BCUT2D eigenvalue weighted by Gasteiger charge is -2.45. The fourth-order valence-electron chi connectivity index (χ4n) is 4.12. The third kappa shape index (κ3) is 6.21. The molecule has 2 N–H and O–H groups in total. The lowest BCUT2D eigenvalue weighted by Crippen LogP contribution is -2.59. The Bertz CT molecular complexity index is 1300. The Morgan fingerprint density at radius 2 is 1.34 bits per heavy atom. The van der Waals surface area contributed by atoms with Crippen LogP contribution in [0.4, 0.5) is 5.69 Å². The van der Waals surface area contributed by atoms with Crippen molar-refractivity contribution in [2.75, 3.05) is 0 Å². The molecule has 0 aliphatic rings. The minimum absolute atomic E-state index is 0.156. The standard InChI is InChI=1S/C28H36N2O6SSi/c1-21(36-38(5,6)27(2,3)4)26(29-37(34,35)25-19-17-24(18-20-25)30(32)33)28(31,22-13-9-7-10-14-22)23-15-11-8-12-16-23/h7-21,26,29,31H,1-6H3. The zero-order valence-electron chi connectivity index (χ0n) is 22.6. The third-order valence-electron chi connectivity index (χ3n) is 7.27. The van der Waals surface area contributed by atoms with Crippen molar-refractivity contribution in [2.45, 2.75) is 68.5 Å². The highest BCUT2D eigenvalue weighted by molar-refractivity contribution is 7.89. The van der Waals surface area contributed by atoms with E-state index in [0.717, 1.165) is 12.1 Å². The van der Waals surface area contributed by atoms with Crippen LogP contribution < -0.4 is 4.72 Å². The Morgan fingerprint density at radius 1 is 0.895 bits per heavy atom. The normalized spacial score (nSPS) is 14.6. The van der Waals surface area contributed by atoms with Gasteiger partial charge in [0.1, 0.15) is 5.60 Å². The number of hydrogen-bond donors (Lipinski definition) is 2. The summed E-state index contributed by atoms with van der Waals surface area (Å²) in [6.45, 7) is 12.2. The SMILES string of the molecule is CC(O[Si](C)(C)C(C)(C)C)C(NS(=O)(=O)c1ccc([N+](=O)[O-])cc1)C(O)(c1ccccc1)c1ccccc1. The average molecular weight is 557 g/mol. The van der Waals surface area contributed by atoms with E-state index in [0.29, 0.717) is 11.1 Å². The molecule has 0 saturated heterocycles. The van der Waals surface area contributed by atoms with E-state index in [1.54, 1.807) is 55.5 Å². The molecule has 2 atom stereocenters. The fourth-order valence-corrected chi connectivity index (χ4v) is 6.87. The van der Waals surface area contributed by atoms with Gasteiger partial charge in [-0.2, -0.15) is 0 Å². The van der Waals surface area contributed by atoms with Gasteiger partial charge in [-0.25, -0.2) is 13.1 Å². The highest BCUT2D eigenvalue weighted by atomic mass is 32.2. The maximum Gasteiger partial charge on any atom is 0.269 e. The summed E-state index contributed by atoms with van der Waals surface area (Å²) in [5, 5.41) is 23.4. The van der Waals surface area contributed by atoms with Crippen LogP contribution in [-0.2, 0) is 20.1 Å². The summed E-state index contributed by atoms with van der Waals surface area (Å²) >= 11 is 0. The molecule has 0 bridgehead atoms. The van der Waals surface area contributed by atoms with Gasteiger partial charge in [0.05, 0.1) is 22.0 Å². The van der Waals surface area contributed by atoms with Crippen LogP contribution in [0, 0.1) is 10.1 Å². The Hall–Kier alpha value is -2.89. The number of benzene rings is 3. The van der Waals surface area contributed by atoms with E-state index in [2.05, 4.69) is 38.6 Å². The molecule has 0 spiro atoms. The molecular weight excluding hydrogens is 520 g/mol. The van der Waals surface area contributed by atoms with Crippen molar-refractivity contribution in [3.05, 3.63) is 106 Å². The smallest absolute Gasteiger partial charge is 0.269 e. The van der Waals surface area contributed by atoms with Crippen molar-refractivity contribution in [3.8, 4) is 0 Å². The summed E-state index contributed by atoms with van der Waals surface area (Å²) in [6, 6.07) is 21.3. The molecule has 0 fully saturated rings. The van der Waals surface area contributed by atoms with Crippen LogP contribution in [0.1, 0.15) is 38.8 Å². The van der Waals surface area contributed by atoms with Crippen LogP contribution in [0.15, 0.2) is 89.8 Å². The molecule has 0 amide bonds. The van der Waals surface area contributed by atoms with Crippen molar-refractivity contribution in [1.82, 2.24) is 4.72 Å². The van der Waals surface area contributed by atoms with Gasteiger partial charge in [-0.3, -0.25) is 10.1 Å². The van der Waals surface area contributed by atoms with E-state index in [1.807, 2.05) is 12.1 Å². The van der Waals surface area contributed by atoms with Crippen LogP contribution in [-0.4, -0.2) is 38.9 Å². The third-order valence-corrected chi connectivity index (χ3v) is 13.3. The lowest BCUT2D eigenvalue weighted by molar-refractivity contribution is -0.384. The maximum absolute atomic E-state index is 13.7. The van der Waals surface area contributed by atoms with E-state index in [1.165, 1.54) is 12.1 Å². The summed E-state index contributed by atoms with van der Waals surface area (Å²) in [5.41, 5.74) is -1.04. The largest absolute Gasteiger partial charge is 0.412 e. The first-order chi connectivity index (χ1) is 17.6. The molecule has 3 aromatic rings. The first-order valence-electron chi connectivity index (χ1n) is 12.4. The summed E-state index contributed by atoms with van der Waals surface area (Å²) in [5.74, 6) is 0. The topological polar surface area (TPSA) is 119 Å². The molecule has 0 radical (unpaired) electrons. The van der Waals surface area contributed by atoms with Crippen molar-refractivity contribution < 1.29 is 22.9 Å². The Morgan fingerprint density at radius 3 is 1.74 bits per heavy atom. The lowest BCUT2D eigenvalue weighted by atomic mass is 9.78. The first-order valence-corrected chi connectivity index (χ1v) is 16.8. The van der Waals surface area contributed by atoms with E-state index in [-0.39, 0.29) is 15.6 Å². The summed E-state index contributed by atoms with van der Waals surface area (Å²) in [7, 11) is -6.64. The number of sulfonamides is 1. The van der Waals surface area contributed by atoms with Gasteiger partial charge in [-0.15, -0.1) is 0 Å². The molecule has 10 heteroatoms. The van der Waals surface area contributed by atoms with Gasteiger partial charge < -0.3 is 9.53 Å².